The Morgan fingerprint density at radius 1 is 0.893 bits per heavy atom. The summed E-state index contributed by atoms with van der Waals surface area (Å²) in [5.41, 5.74) is 3.79. The van der Waals surface area contributed by atoms with Crippen LogP contribution in [0.15, 0.2) is 48.5 Å². The van der Waals surface area contributed by atoms with E-state index in [9.17, 15) is 0 Å². The first-order chi connectivity index (χ1) is 13.6. The first kappa shape index (κ1) is 19.3. The number of rotatable bonds is 4. The zero-order valence-corrected chi connectivity index (χ0v) is 17.5. The van der Waals surface area contributed by atoms with E-state index >= 15 is 0 Å². The van der Waals surface area contributed by atoms with Gasteiger partial charge in [-0.05, 0) is 62.2 Å². The topological polar surface area (TPSA) is 19.0 Å². The number of piperidine rings is 1. The number of ether oxygens (including phenoxy) is 1. The monoisotopic (exact) mass is 379 g/mol. The highest BCUT2D eigenvalue weighted by molar-refractivity contribution is 5.67. The van der Waals surface area contributed by atoms with E-state index in [1.54, 1.807) is 7.11 Å². The van der Waals surface area contributed by atoms with Crippen LogP contribution in [-0.4, -0.2) is 68.8 Å². The molecule has 0 spiro atoms. The predicted molar refractivity (Wildman–Crippen MR) is 117 cm³/mol. The molecule has 2 aliphatic heterocycles. The summed E-state index contributed by atoms with van der Waals surface area (Å²) in [7, 11) is 3.97. The van der Waals surface area contributed by atoms with Crippen molar-refractivity contribution in [1.29, 1.82) is 0 Å². The third-order valence-electron chi connectivity index (χ3n) is 6.61. The normalized spacial score (nSPS) is 22.4. The Hall–Kier alpha value is -2.04. The molecule has 0 aliphatic carbocycles. The lowest BCUT2D eigenvalue weighted by molar-refractivity contribution is 0.0627. The molecule has 2 saturated heterocycles. The van der Waals surface area contributed by atoms with Gasteiger partial charge in [-0.25, -0.2) is 0 Å². The third-order valence-corrected chi connectivity index (χ3v) is 6.61. The number of benzene rings is 2. The highest BCUT2D eigenvalue weighted by Gasteiger charge is 2.29. The molecule has 0 bridgehead atoms. The van der Waals surface area contributed by atoms with E-state index in [0.717, 1.165) is 24.9 Å². The summed E-state index contributed by atoms with van der Waals surface area (Å²) in [5.74, 6) is 0.905. The Kier molecular flexibility index (Phi) is 5.88. The van der Waals surface area contributed by atoms with Crippen LogP contribution in [0.4, 0.5) is 5.69 Å². The van der Waals surface area contributed by atoms with Crippen molar-refractivity contribution in [3.05, 3.63) is 48.5 Å². The van der Waals surface area contributed by atoms with Gasteiger partial charge in [0.1, 0.15) is 5.75 Å². The van der Waals surface area contributed by atoms with Crippen molar-refractivity contribution in [1.82, 2.24) is 9.80 Å². The van der Waals surface area contributed by atoms with Crippen molar-refractivity contribution in [3.63, 3.8) is 0 Å². The Bertz CT molecular complexity index is 768. The number of likely N-dealkylation sites (N-methyl/N-ethyl adjacent to an activating group) is 1. The second-order valence-corrected chi connectivity index (χ2v) is 8.32. The molecule has 0 N–H and O–H groups in total. The lowest BCUT2D eigenvalue weighted by Gasteiger charge is -2.45. The summed E-state index contributed by atoms with van der Waals surface area (Å²) >= 11 is 0. The fourth-order valence-corrected chi connectivity index (χ4v) is 4.56. The average molecular weight is 380 g/mol. The van der Waals surface area contributed by atoms with Gasteiger partial charge in [0.25, 0.3) is 0 Å². The van der Waals surface area contributed by atoms with Gasteiger partial charge in [0.2, 0.25) is 0 Å². The van der Waals surface area contributed by atoms with Crippen LogP contribution >= 0.6 is 0 Å². The minimum Gasteiger partial charge on any atom is -0.497 e. The molecule has 4 rings (SSSR count). The molecule has 4 nitrogen and oxygen atoms in total. The summed E-state index contributed by atoms with van der Waals surface area (Å²) in [5, 5.41) is 0. The second kappa shape index (κ2) is 8.54. The van der Waals surface area contributed by atoms with Crippen LogP contribution < -0.4 is 9.64 Å². The van der Waals surface area contributed by atoms with Gasteiger partial charge in [-0.15, -0.1) is 0 Å². The molecule has 0 aromatic heterocycles. The summed E-state index contributed by atoms with van der Waals surface area (Å²) in [4.78, 5) is 7.76. The molecular formula is C24H33N3O. The average Bonchev–Trinajstić information content (AvgIpc) is 2.76. The van der Waals surface area contributed by atoms with Crippen molar-refractivity contribution in [2.24, 2.45) is 0 Å². The van der Waals surface area contributed by atoms with Crippen LogP contribution in [0.25, 0.3) is 11.1 Å². The van der Waals surface area contributed by atoms with E-state index in [0.29, 0.717) is 6.04 Å². The molecule has 28 heavy (non-hydrogen) atoms. The first-order valence-electron chi connectivity index (χ1n) is 10.6. The van der Waals surface area contributed by atoms with E-state index in [4.69, 9.17) is 4.74 Å². The van der Waals surface area contributed by atoms with Crippen molar-refractivity contribution in [2.75, 3.05) is 51.8 Å². The van der Waals surface area contributed by atoms with Gasteiger partial charge in [0.05, 0.1) is 7.11 Å². The van der Waals surface area contributed by atoms with Gasteiger partial charge in [-0.3, -0.25) is 4.90 Å². The number of hydrogen-bond acceptors (Lipinski definition) is 4. The van der Waals surface area contributed by atoms with Crippen LogP contribution in [0.5, 0.6) is 5.75 Å². The molecule has 2 fully saturated rings. The number of hydrogen-bond donors (Lipinski definition) is 0. The SMILES string of the molecule is COc1cccc(-c2ccc(N3CCC(N4CCN(C)C(C)C4)CC3)cc2)c1. The van der Waals surface area contributed by atoms with Crippen molar-refractivity contribution >= 4 is 5.69 Å². The predicted octanol–water partition coefficient (Wildman–Crippen LogP) is 3.97. The molecule has 0 saturated carbocycles. The van der Waals surface area contributed by atoms with Crippen LogP contribution in [0.2, 0.25) is 0 Å². The molecule has 0 radical (unpaired) electrons. The maximum Gasteiger partial charge on any atom is 0.119 e. The van der Waals surface area contributed by atoms with Gasteiger partial charge in [-0.1, -0.05) is 24.3 Å². The Morgan fingerprint density at radius 3 is 2.32 bits per heavy atom. The van der Waals surface area contributed by atoms with Crippen molar-refractivity contribution in [3.8, 4) is 16.9 Å². The van der Waals surface area contributed by atoms with Crippen LogP contribution in [0.1, 0.15) is 19.8 Å². The first-order valence-corrected chi connectivity index (χ1v) is 10.6. The van der Waals surface area contributed by atoms with E-state index in [2.05, 4.69) is 65.1 Å². The van der Waals surface area contributed by atoms with Gasteiger partial charge < -0.3 is 14.5 Å². The fourth-order valence-electron chi connectivity index (χ4n) is 4.56. The summed E-state index contributed by atoms with van der Waals surface area (Å²) in [6.07, 6.45) is 2.54. The molecule has 150 valence electrons. The van der Waals surface area contributed by atoms with Gasteiger partial charge in [0, 0.05) is 50.5 Å². The summed E-state index contributed by atoms with van der Waals surface area (Å²) in [6, 6.07) is 18.7. The maximum atomic E-state index is 5.35. The lowest BCUT2D eigenvalue weighted by Crippen LogP contribution is -2.55. The quantitative estimate of drug-likeness (QED) is 0.800. The zero-order chi connectivity index (χ0) is 19.5. The van der Waals surface area contributed by atoms with E-state index in [1.807, 2.05) is 12.1 Å². The molecule has 0 amide bonds. The van der Waals surface area contributed by atoms with E-state index in [1.165, 1.54) is 49.3 Å². The number of piperazine rings is 1. The van der Waals surface area contributed by atoms with Gasteiger partial charge in [-0.2, -0.15) is 0 Å². The van der Waals surface area contributed by atoms with E-state index < -0.39 is 0 Å². The van der Waals surface area contributed by atoms with Crippen molar-refractivity contribution < 1.29 is 4.74 Å². The summed E-state index contributed by atoms with van der Waals surface area (Å²) in [6.45, 7) is 8.31. The highest BCUT2D eigenvalue weighted by atomic mass is 16.5. The molecule has 2 aromatic carbocycles. The summed E-state index contributed by atoms with van der Waals surface area (Å²) < 4.78 is 5.35. The van der Waals surface area contributed by atoms with E-state index in [-0.39, 0.29) is 0 Å². The zero-order valence-electron chi connectivity index (χ0n) is 17.5. The fraction of sp³-hybridized carbons (Fsp3) is 0.500. The number of methoxy groups -OCH3 is 1. The molecule has 1 unspecified atom stereocenters. The van der Waals surface area contributed by atoms with Gasteiger partial charge in [0.15, 0.2) is 0 Å². The van der Waals surface area contributed by atoms with Crippen LogP contribution in [-0.2, 0) is 0 Å². The minimum absolute atomic E-state index is 0.677. The lowest BCUT2D eigenvalue weighted by atomic mass is 9.99. The minimum atomic E-state index is 0.677. The van der Waals surface area contributed by atoms with Crippen LogP contribution in [0, 0.1) is 0 Å². The molecule has 2 aromatic rings. The molecule has 1 atom stereocenters. The Balaban J connectivity index is 1.36. The molecule has 2 aliphatic rings. The van der Waals surface area contributed by atoms with Crippen LogP contribution in [0.3, 0.4) is 0 Å². The molecule has 2 heterocycles. The molecular weight excluding hydrogens is 346 g/mol. The van der Waals surface area contributed by atoms with Gasteiger partial charge >= 0.3 is 0 Å². The molecule has 4 heteroatoms. The number of anilines is 1. The second-order valence-electron chi connectivity index (χ2n) is 8.32. The smallest absolute Gasteiger partial charge is 0.119 e. The van der Waals surface area contributed by atoms with Crippen molar-refractivity contribution in [2.45, 2.75) is 31.8 Å². The largest absolute Gasteiger partial charge is 0.497 e. The number of nitrogens with zero attached hydrogens (tertiary/aromatic N) is 3. The third kappa shape index (κ3) is 4.18. The maximum absolute atomic E-state index is 5.35. The Morgan fingerprint density at radius 2 is 1.64 bits per heavy atom. The highest BCUT2D eigenvalue weighted by Crippen LogP contribution is 2.28. The Labute approximate surface area is 169 Å². The standard InChI is InChI=1S/C24H33N3O/c1-19-18-27(16-15-25(19)2)23-11-13-26(14-12-23)22-9-7-20(8-10-22)21-5-4-6-24(17-21)28-3/h4-10,17,19,23H,11-16,18H2,1-3H3.